The number of nitrogens with one attached hydrogen (secondary N) is 2. The molecular weight excluding hydrogens is 272 g/mol. The summed E-state index contributed by atoms with van der Waals surface area (Å²) in [7, 11) is 0. The third kappa shape index (κ3) is 2.93. The van der Waals surface area contributed by atoms with Gasteiger partial charge in [-0.1, -0.05) is 13.3 Å². The van der Waals surface area contributed by atoms with Gasteiger partial charge in [0.05, 0.1) is 0 Å². The molecule has 1 aliphatic heterocycles. The molecule has 3 nitrogen and oxygen atoms in total. The van der Waals surface area contributed by atoms with Crippen molar-refractivity contribution in [1.29, 1.82) is 0 Å². The van der Waals surface area contributed by atoms with Crippen molar-refractivity contribution in [3.05, 3.63) is 23.8 Å². The average molecular weight is 295 g/mol. The van der Waals surface area contributed by atoms with Gasteiger partial charge in [0.15, 0.2) is 0 Å². The fraction of sp³-hybridized carbons (Fsp3) is 0.562. The largest absolute Gasteiger partial charge is 0.385 e. The third-order valence-electron chi connectivity index (χ3n) is 4.37. The lowest BCUT2D eigenvalue weighted by molar-refractivity contribution is -0.121. The molecule has 110 valence electrons. The lowest BCUT2D eigenvalue weighted by Gasteiger charge is -2.20. The molecule has 1 saturated carbocycles. The van der Waals surface area contributed by atoms with E-state index in [4.69, 9.17) is 0 Å². The molecule has 4 heteroatoms. The Labute approximate surface area is 126 Å². The van der Waals surface area contributed by atoms with Crippen LogP contribution >= 0.6 is 12.4 Å². The molecule has 1 fully saturated rings. The maximum atomic E-state index is 12.3. The topological polar surface area (TPSA) is 41.1 Å². The molecule has 3 rings (SSSR count). The summed E-state index contributed by atoms with van der Waals surface area (Å²) in [6, 6.07) is 6.22. The van der Waals surface area contributed by atoms with Crippen LogP contribution in [0.25, 0.3) is 0 Å². The number of halogens is 1. The normalized spacial score (nSPS) is 18.2. The Morgan fingerprint density at radius 2 is 2.20 bits per heavy atom. The molecule has 2 N–H and O–H groups in total. The zero-order chi connectivity index (χ0) is 13.3. The van der Waals surface area contributed by atoms with E-state index in [1.54, 1.807) is 0 Å². The van der Waals surface area contributed by atoms with Crippen molar-refractivity contribution in [2.45, 2.75) is 45.4 Å². The molecule has 1 aromatic carbocycles. The Bertz CT molecular complexity index is 497. The summed E-state index contributed by atoms with van der Waals surface area (Å²) < 4.78 is 0. The summed E-state index contributed by atoms with van der Waals surface area (Å²) in [5, 5.41) is 6.51. The molecule has 0 unspecified atom stereocenters. The van der Waals surface area contributed by atoms with Gasteiger partial charge in [-0.25, -0.2) is 0 Å². The predicted octanol–water partition coefficient (Wildman–Crippen LogP) is 3.99. The van der Waals surface area contributed by atoms with Crippen LogP contribution in [0.2, 0.25) is 0 Å². The molecule has 0 radical (unpaired) electrons. The van der Waals surface area contributed by atoms with Crippen LogP contribution < -0.4 is 10.6 Å². The molecule has 0 aromatic heterocycles. The van der Waals surface area contributed by atoms with E-state index in [1.807, 2.05) is 6.07 Å². The lowest BCUT2D eigenvalue weighted by Crippen LogP contribution is -2.24. The lowest BCUT2D eigenvalue weighted by atomic mass is 9.99. The molecule has 0 saturated heterocycles. The predicted molar refractivity (Wildman–Crippen MR) is 85.7 cm³/mol. The molecule has 1 amide bonds. The number of hydrogen-bond acceptors (Lipinski definition) is 2. The average Bonchev–Trinajstić information content (AvgIpc) is 3.20. The van der Waals surface area contributed by atoms with Gasteiger partial charge in [0.2, 0.25) is 5.91 Å². The van der Waals surface area contributed by atoms with E-state index in [0.29, 0.717) is 0 Å². The van der Waals surface area contributed by atoms with Crippen LogP contribution in [-0.2, 0) is 11.2 Å². The summed E-state index contributed by atoms with van der Waals surface area (Å²) >= 11 is 0. The first kappa shape index (κ1) is 15.2. The quantitative estimate of drug-likeness (QED) is 0.882. The van der Waals surface area contributed by atoms with E-state index >= 15 is 0 Å². The van der Waals surface area contributed by atoms with Crippen molar-refractivity contribution in [2.24, 2.45) is 5.41 Å². The Morgan fingerprint density at radius 3 is 2.90 bits per heavy atom. The van der Waals surface area contributed by atoms with Crippen LogP contribution in [0.1, 0.15) is 44.6 Å². The summed E-state index contributed by atoms with van der Waals surface area (Å²) in [6.45, 7) is 3.20. The molecular formula is C16H23ClN2O. The third-order valence-corrected chi connectivity index (χ3v) is 4.37. The molecule has 2 aliphatic rings. The van der Waals surface area contributed by atoms with Crippen molar-refractivity contribution in [2.75, 3.05) is 17.2 Å². The van der Waals surface area contributed by atoms with Gasteiger partial charge >= 0.3 is 0 Å². The molecule has 1 aliphatic carbocycles. The number of anilines is 2. The molecule has 0 bridgehead atoms. The van der Waals surface area contributed by atoms with Gasteiger partial charge in [-0.15, -0.1) is 12.4 Å². The number of hydrogen-bond donors (Lipinski definition) is 2. The smallest absolute Gasteiger partial charge is 0.230 e. The Kier molecular flexibility index (Phi) is 4.59. The number of aryl methyl sites for hydroxylation is 1. The maximum Gasteiger partial charge on any atom is 0.230 e. The number of carbonyl (C=O) groups excluding carboxylic acids is 1. The van der Waals surface area contributed by atoms with Gasteiger partial charge < -0.3 is 10.6 Å². The van der Waals surface area contributed by atoms with Crippen LogP contribution in [0.15, 0.2) is 18.2 Å². The van der Waals surface area contributed by atoms with Gasteiger partial charge in [0.1, 0.15) is 0 Å². The first-order chi connectivity index (χ1) is 9.23. The molecule has 1 heterocycles. The van der Waals surface area contributed by atoms with Crippen molar-refractivity contribution < 1.29 is 4.79 Å². The second-order valence-electron chi connectivity index (χ2n) is 5.89. The van der Waals surface area contributed by atoms with Crippen molar-refractivity contribution in [1.82, 2.24) is 0 Å². The van der Waals surface area contributed by atoms with E-state index in [9.17, 15) is 4.79 Å². The van der Waals surface area contributed by atoms with E-state index in [0.717, 1.165) is 44.3 Å². The van der Waals surface area contributed by atoms with Crippen LogP contribution in [0.5, 0.6) is 0 Å². The Morgan fingerprint density at radius 1 is 1.40 bits per heavy atom. The second-order valence-corrected chi connectivity index (χ2v) is 5.89. The zero-order valence-electron chi connectivity index (χ0n) is 12.0. The zero-order valence-corrected chi connectivity index (χ0v) is 12.8. The van der Waals surface area contributed by atoms with Crippen molar-refractivity contribution in [3.63, 3.8) is 0 Å². The highest BCUT2D eigenvalue weighted by atomic mass is 35.5. The number of benzene rings is 1. The highest BCUT2D eigenvalue weighted by Crippen LogP contribution is 2.50. The van der Waals surface area contributed by atoms with Gasteiger partial charge in [0, 0.05) is 23.3 Å². The number of amides is 1. The first-order valence-corrected chi connectivity index (χ1v) is 7.42. The fourth-order valence-corrected chi connectivity index (χ4v) is 3.04. The summed E-state index contributed by atoms with van der Waals surface area (Å²) in [6.07, 6.45) is 6.49. The van der Waals surface area contributed by atoms with Gasteiger partial charge in [-0.3, -0.25) is 4.79 Å². The minimum atomic E-state index is -0.0527. The fourth-order valence-electron chi connectivity index (χ4n) is 3.04. The highest BCUT2D eigenvalue weighted by Gasteiger charge is 2.48. The van der Waals surface area contributed by atoms with Crippen molar-refractivity contribution in [3.8, 4) is 0 Å². The molecule has 1 aromatic rings. The summed E-state index contributed by atoms with van der Waals surface area (Å²) in [5.74, 6) is 0.220. The summed E-state index contributed by atoms with van der Waals surface area (Å²) in [4.78, 5) is 12.3. The van der Waals surface area contributed by atoms with Crippen molar-refractivity contribution >= 4 is 29.7 Å². The van der Waals surface area contributed by atoms with E-state index < -0.39 is 0 Å². The SMILES string of the molecule is CCCC1(C(=O)Nc2ccc3c(c2)CCCN3)CC1.Cl. The van der Waals surface area contributed by atoms with Crippen LogP contribution in [0.3, 0.4) is 0 Å². The molecule has 0 atom stereocenters. The monoisotopic (exact) mass is 294 g/mol. The minimum Gasteiger partial charge on any atom is -0.385 e. The molecule has 20 heavy (non-hydrogen) atoms. The van der Waals surface area contributed by atoms with Crippen LogP contribution in [-0.4, -0.2) is 12.5 Å². The van der Waals surface area contributed by atoms with Gasteiger partial charge in [-0.05, 0) is 55.9 Å². The van der Waals surface area contributed by atoms with E-state index in [-0.39, 0.29) is 23.7 Å². The van der Waals surface area contributed by atoms with Gasteiger partial charge in [-0.2, -0.15) is 0 Å². The van der Waals surface area contributed by atoms with E-state index in [1.165, 1.54) is 17.7 Å². The number of carbonyl (C=O) groups is 1. The standard InChI is InChI=1S/C16H22N2O.ClH/c1-2-7-16(8-9-16)15(19)18-13-5-6-14-12(11-13)4-3-10-17-14;/h5-6,11,17H,2-4,7-10H2,1H3,(H,18,19);1H. The summed E-state index contributed by atoms with van der Waals surface area (Å²) in [5.41, 5.74) is 3.45. The van der Waals surface area contributed by atoms with Crippen LogP contribution in [0, 0.1) is 5.41 Å². The Balaban J connectivity index is 0.00000147. The van der Waals surface area contributed by atoms with E-state index in [2.05, 4.69) is 29.7 Å². The van der Waals surface area contributed by atoms with Crippen LogP contribution in [0.4, 0.5) is 11.4 Å². The number of fused-ring (bicyclic) bond motifs is 1. The highest BCUT2D eigenvalue weighted by molar-refractivity contribution is 5.97. The van der Waals surface area contributed by atoms with Gasteiger partial charge in [0.25, 0.3) is 0 Å². The molecule has 0 spiro atoms. The maximum absolute atomic E-state index is 12.3. The first-order valence-electron chi connectivity index (χ1n) is 7.42. The number of rotatable bonds is 4. The second kappa shape index (κ2) is 6.04. The minimum absolute atomic E-state index is 0. The Hall–Kier alpha value is -1.22.